The van der Waals surface area contributed by atoms with E-state index in [1.165, 1.54) is 0 Å². The second kappa shape index (κ2) is 6.72. The molecule has 0 saturated carbocycles. The van der Waals surface area contributed by atoms with Gasteiger partial charge in [0, 0.05) is 31.6 Å². The summed E-state index contributed by atoms with van der Waals surface area (Å²) in [5.74, 6) is -0.613. The minimum absolute atomic E-state index is 0.0768. The van der Waals surface area contributed by atoms with Crippen molar-refractivity contribution in [2.45, 2.75) is 44.6 Å². The van der Waals surface area contributed by atoms with Crippen molar-refractivity contribution >= 4 is 17.6 Å². The summed E-state index contributed by atoms with van der Waals surface area (Å²) in [5, 5.41) is 8.61. The van der Waals surface area contributed by atoms with Crippen molar-refractivity contribution in [1.29, 1.82) is 0 Å². The fourth-order valence-corrected chi connectivity index (χ4v) is 2.71. The highest BCUT2D eigenvalue weighted by Crippen LogP contribution is 2.30. The van der Waals surface area contributed by atoms with Crippen LogP contribution in [0.25, 0.3) is 0 Å². The molecule has 1 unspecified atom stereocenters. The van der Waals surface area contributed by atoms with Crippen molar-refractivity contribution in [1.82, 2.24) is 0 Å². The molecule has 5 heteroatoms. The maximum atomic E-state index is 11.7. The van der Waals surface area contributed by atoms with Gasteiger partial charge in [0.05, 0.1) is 0 Å². The number of carboxylic acid groups (broad SMARTS) is 1. The predicted molar refractivity (Wildman–Crippen MR) is 81.2 cm³/mol. The molecule has 0 bridgehead atoms. The number of hydrogen-bond donors (Lipinski definition) is 2. The number of nitrogens with zero attached hydrogens (tertiary/aromatic N) is 1. The number of nitrogens with two attached hydrogens (primary N) is 1. The van der Waals surface area contributed by atoms with Crippen LogP contribution in [0.15, 0.2) is 18.2 Å². The monoisotopic (exact) mass is 290 g/mol. The van der Waals surface area contributed by atoms with Crippen LogP contribution in [-0.2, 0) is 16.0 Å². The van der Waals surface area contributed by atoms with Crippen molar-refractivity contribution in [2.24, 2.45) is 5.73 Å². The second-order valence-corrected chi connectivity index (χ2v) is 5.59. The van der Waals surface area contributed by atoms with E-state index in [0.717, 1.165) is 36.1 Å². The lowest BCUT2D eigenvalue weighted by Gasteiger charge is -2.26. The Labute approximate surface area is 124 Å². The van der Waals surface area contributed by atoms with Crippen LogP contribution >= 0.6 is 0 Å². The number of carbonyl (C=O) groups is 2. The molecule has 1 aromatic carbocycles. The van der Waals surface area contributed by atoms with Gasteiger partial charge in [-0.1, -0.05) is 18.6 Å². The lowest BCUT2D eigenvalue weighted by molar-refractivity contribution is -0.137. The number of benzene rings is 1. The molecule has 3 N–H and O–H groups in total. The zero-order valence-electron chi connectivity index (χ0n) is 12.3. The molecule has 0 radical (unpaired) electrons. The van der Waals surface area contributed by atoms with E-state index in [0.29, 0.717) is 12.8 Å². The van der Waals surface area contributed by atoms with E-state index < -0.39 is 5.97 Å². The van der Waals surface area contributed by atoms with Gasteiger partial charge in [-0.2, -0.15) is 0 Å². The van der Waals surface area contributed by atoms with Gasteiger partial charge in [0.2, 0.25) is 5.91 Å². The largest absolute Gasteiger partial charge is 0.481 e. The minimum Gasteiger partial charge on any atom is -0.481 e. The summed E-state index contributed by atoms with van der Waals surface area (Å²) < 4.78 is 0. The van der Waals surface area contributed by atoms with Crippen molar-refractivity contribution < 1.29 is 14.7 Å². The van der Waals surface area contributed by atoms with Crippen LogP contribution in [0, 0.1) is 0 Å². The number of amides is 1. The second-order valence-electron chi connectivity index (χ2n) is 5.59. The van der Waals surface area contributed by atoms with Crippen LogP contribution in [0.4, 0.5) is 5.69 Å². The molecule has 114 valence electrons. The summed E-state index contributed by atoms with van der Waals surface area (Å²) in [6, 6.07) is 5.93. The summed E-state index contributed by atoms with van der Waals surface area (Å²) in [6.45, 7) is 0. The topological polar surface area (TPSA) is 83.6 Å². The van der Waals surface area contributed by atoms with Crippen molar-refractivity contribution in [3.63, 3.8) is 0 Å². The zero-order valence-corrected chi connectivity index (χ0v) is 12.3. The number of rotatable bonds is 6. The summed E-state index contributed by atoms with van der Waals surface area (Å²) >= 11 is 0. The first-order chi connectivity index (χ1) is 9.99. The van der Waals surface area contributed by atoms with Crippen LogP contribution in [-0.4, -0.2) is 24.0 Å². The third kappa shape index (κ3) is 3.82. The van der Waals surface area contributed by atoms with Crippen LogP contribution in [0.2, 0.25) is 0 Å². The molecule has 2 rings (SSSR count). The maximum absolute atomic E-state index is 11.7. The number of hydrogen-bond acceptors (Lipinski definition) is 3. The molecule has 1 amide bonds. The van der Waals surface area contributed by atoms with Gasteiger partial charge in [-0.3, -0.25) is 9.59 Å². The van der Waals surface area contributed by atoms with Crippen LogP contribution in [0.1, 0.15) is 49.3 Å². The first-order valence-electron chi connectivity index (χ1n) is 7.36. The zero-order chi connectivity index (χ0) is 15.4. The summed E-state index contributed by atoms with van der Waals surface area (Å²) in [4.78, 5) is 23.8. The molecule has 0 saturated heterocycles. The number of anilines is 1. The molecule has 21 heavy (non-hydrogen) atoms. The van der Waals surface area contributed by atoms with Gasteiger partial charge in [0.1, 0.15) is 0 Å². The average molecular weight is 290 g/mol. The average Bonchev–Trinajstić information content (AvgIpc) is 2.46. The third-order valence-electron chi connectivity index (χ3n) is 4.03. The van der Waals surface area contributed by atoms with Gasteiger partial charge in [-0.15, -0.1) is 0 Å². The fourth-order valence-electron chi connectivity index (χ4n) is 2.71. The Balaban J connectivity index is 1.98. The molecule has 0 aromatic heterocycles. The van der Waals surface area contributed by atoms with E-state index in [4.69, 9.17) is 10.8 Å². The lowest BCUT2D eigenvalue weighted by Crippen LogP contribution is -2.31. The Hall–Kier alpha value is -1.88. The number of fused-ring (bicyclic) bond motifs is 1. The summed E-state index contributed by atoms with van der Waals surface area (Å²) in [7, 11) is 1.80. The Morgan fingerprint density at radius 3 is 2.86 bits per heavy atom. The van der Waals surface area contributed by atoms with Gasteiger partial charge in [-0.05, 0) is 36.5 Å². The van der Waals surface area contributed by atoms with Gasteiger partial charge in [0.15, 0.2) is 0 Å². The lowest BCUT2D eigenvalue weighted by atomic mass is 9.94. The Morgan fingerprint density at radius 1 is 1.38 bits per heavy atom. The smallest absolute Gasteiger partial charge is 0.303 e. The predicted octanol–water partition coefficient (Wildman–Crippen LogP) is 2.24. The van der Waals surface area contributed by atoms with Gasteiger partial charge < -0.3 is 15.7 Å². The van der Waals surface area contributed by atoms with E-state index in [9.17, 15) is 9.59 Å². The van der Waals surface area contributed by atoms with Gasteiger partial charge in [-0.25, -0.2) is 0 Å². The van der Waals surface area contributed by atoms with Crippen molar-refractivity contribution in [3.8, 4) is 0 Å². The molecule has 0 spiro atoms. The Kier molecular flexibility index (Phi) is 4.96. The van der Waals surface area contributed by atoms with Crippen molar-refractivity contribution in [3.05, 3.63) is 29.3 Å². The molecule has 1 aromatic rings. The molecule has 1 aliphatic heterocycles. The molecule has 0 fully saturated rings. The SMILES string of the molecule is CN1C(=O)CCc2cc(C(N)CCCCC(=O)O)ccc21. The van der Waals surface area contributed by atoms with E-state index in [1.54, 1.807) is 11.9 Å². The Bertz CT molecular complexity index is 542. The standard InChI is InChI=1S/C16H22N2O3/c1-18-14-8-6-11(10-12(14)7-9-15(18)19)13(17)4-2-3-5-16(20)21/h6,8,10,13H,2-5,7,9,17H2,1H3,(H,20,21). The van der Waals surface area contributed by atoms with E-state index in [-0.39, 0.29) is 18.4 Å². The van der Waals surface area contributed by atoms with E-state index >= 15 is 0 Å². The fraction of sp³-hybridized carbons (Fsp3) is 0.500. The number of unbranched alkanes of at least 4 members (excludes halogenated alkanes) is 1. The number of carbonyl (C=O) groups excluding carboxylic acids is 1. The summed E-state index contributed by atoms with van der Waals surface area (Å²) in [6.07, 6.45) is 3.75. The van der Waals surface area contributed by atoms with Gasteiger partial charge in [0.25, 0.3) is 0 Å². The quantitative estimate of drug-likeness (QED) is 0.787. The Morgan fingerprint density at radius 2 is 2.14 bits per heavy atom. The summed E-state index contributed by atoms with van der Waals surface area (Å²) in [5.41, 5.74) is 9.37. The molecule has 0 aliphatic carbocycles. The third-order valence-corrected chi connectivity index (χ3v) is 4.03. The maximum Gasteiger partial charge on any atom is 0.303 e. The van der Waals surface area contributed by atoms with E-state index in [2.05, 4.69) is 6.07 Å². The highest BCUT2D eigenvalue weighted by atomic mass is 16.4. The van der Waals surface area contributed by atoms with Crippen LogP contribution in [0.5, 0.6) is 0 Å². The van der Waals surface area contributed by atoms with Crippen LogP contribution in [0.3, 0.4) is 0 Å². The normalized spacial score (nSPS) is 15.7. The number of aliphatic carboxylic acids is 1. The van der Waals surface area contributed by atoms with Gasteiger partial charge >= 0.3 is 5.97 Å². The van der Waals surface area contributed by atoms with Crippen LogP contribution < -0.4 is 10.6 Å². The van der Waals surface area contributed by atoms with E-state index in [1.807, 2.05) is 12.1 Å². The first kappa shape index (κ1) is 15.5. The van der Waals surface area contributed by atoms with Crippen molar-refractivity contribution in [2.75, 3.05) is 11.9 Å². The highest BCUT2D eigenvalue weighted by molar-refractivity contribution is 5.95. The molecular formula is C16H22N2O3. The molecule has 1 heterocycles. The highest BCUT2D eigenvalue weighted by Gasteiger charge is 2.21. The number of aryl methyl sites for hydroxylation is 1. The molecule has 1 atom stereocenters. The molecule has 5 nitrogen and oxygen atoms in total. The first-order valence-corrected chi connectivity index (χ1v) is 7.36. The molecular weight excluding hydrogens is 268 g/mol. The number of carboxylic acids is 1. The minimum atomic E-state index is -0.759. The molecule has 1 aliphatic rings.